The van der Waals surface area contributed by atoms with Crippen molar-refractivity contribution >= 4 is 26.5 Å². The molecule has 1 aromatic carbocycles. The van der Waals surface area contributed by atoms with Gasteiger partial charge in [0.1, 0.15) is 18.2 Å². The maximum absolute atomic E-state index is 13.1. The summed E-state index contributed by atoms with van der Waals surface area (Å²) in [5, 5.41) is 10.5. The molecule has 1 saturated heterocycles. The summed E-state index contributed by atoms with van der Waals surface area (Å²) in [6.07, 6.45) is -4.60. The van der Waals surface area contributed by atoms with Gasteiger partial charge in [0, 0.05) is 12.2 Å². The predicted molar refractivity (Wildman–Crippen MR) is 103 cm³/mol. The van der Waals surface area contributed by atoms with Crippen molar-refractivity contribution in [3.8, 4) is 11.8 Å². The summed E-state index contributed by atoms with van der Waals surface area (Å²) >= 11 is 5.67. The van der Waals surface area contributed by atoms with E-state index in [0.717, 1.165) is 12.1 Å². The van der Waals surface area contributed by atoms with Crippen LogP contribution in [0.4, 0.5) is 17.6 Å². The van der Waals surface area contributed by atoms with Crippen LogP contribution in [0.5, 0.6) is 11.8 Å². The van der Waals surface area contributed by atoms with Gasteiger partial charge < -0.3 is 24.2 Å². The molecule has 1 aromatic heterocycles. The zero-order chi connectivity index (χ0) is 22.4. The zero-order valence-electron chi connectivity index (χ0n) is 16.0. The third-order valence-corrected chi connectivity index (χ3v) is 7.15. The third kappa shape index (κ3) is 7.36. The van der Waals surface area contributed by atoms with Crippen molar-refractivity contribution < 1.29 is 36.2 Å². The van der Waals surface area contributed by atoms with Crippen molar-refractivity contribution in [3.05, 3.63) is 34.9 Å². The molecule has 2 N–H and O–H groups in total. The smallest absolute Gasteiger partial charge is 0.414 e. The molecule has 2 heterocycles. The second-order valence-electron chi connectivity index (χ2n) is 6.79. The van der Waals surface area contributed by atoms with Gasteiger partial charge in [0.15, 0.2) is 15.6 Å². The fourth-order valence-electron chi connectivity index (χ4n) is 2.85. The van der Waals surface area contributed by atoms with Crippen LogP contribution in [0.3, 0.4) is 0 Å². The van der Waals surface area contributed by atoms with Crippen molar-refractivity contribution in [2.45, 2.75) is 31.1 Å². The van der Waals surface area contributed by atoms with Crippen molar-refractivity contribution in [2.75, 3.05) is 19.4 Å². The molecule has 1 aliphatic rings. The van der Waals surface area contributed by atoms with E-state index >= 15 is 0 Å². The summed E-state index contributed by atoms with van der Waals surface area (Å²) < 4.78 is 64.9. The Labute approximate surface area is 180 Å². The third-order valence-electron chi connectivity index (χ3n) is 4.37. The average Bonchev–Trinajstić information content (AvgIpc) is 3.17. The lowest BCUT2D eigenvalue weighted by atomic mass is 10.2. The Bertz CT molecular complexity index is 893. The highest BCUT2D eigenvalue weighted by Gasteiger charge is 2.29. The molecule has 1 amide bonds. The van der Waals surface area contributed by atoms with E-state index in [4.69, 9.17) is 25.5 Å². The van der Waals surface area contributed by atoms with E-state index in [1.54, 1.807) is 0 Å². The molecule has 1 aliphatic heterocycles. The van der Waals surface area contributed by atoms with Crippen LogP contribution in [-0.2, 0) is 4.79 Å². The van der Waals surface area contributed by atoms with Crippen LogP contribution in [-0.4, -0.2) is 50.6 Å². The Balaban J connectivity index is 1.38. The standard InChI is InChI=1S/C17H19ClF4N4O4Si/c18-11-7-10(1-2-12(11)19)29-8-14(27)26-31-6-3-13(23-9-31)15-24-25-16(30-15)28-5-4-17(20,21)22/h1-2,7,13,23,31H,3-6,8-9H2,(H,26,27)/t13-,31+/m1/s1. The Morgan fingerprint density at radius 3 is 2.84 bits per heavy atom. The van der Waals surface area contributed by atoms with Crippen molar-refractivity contribution in [1.29, 1.82) is 0 Å². The molecule has 1 fully saturated rings. The van der Waals surface area contributed by atoms with Gasteiger partial charge in [-0.2, -0.15) is 13.2 Å². The Morgan fingerprint density at radius 1 is 1.35 bits per heavy atom. The number of hydrogen-bond acceptors (Lipinski definition) is 7. The number of halogens is 5. The Morgan fingerprint density at radius 2 is 2.16 bits per heavy atom. The van der Waals surface area contributed by atoms with E-state index in [0.29, 0.717) is 12.6 Å². The molecular weight excluding hydrogens is 464 g/mol. The molecule has 14 heteroatoms. The number of aromatic nitrogens is 2. The van der Waals surface area contributed by atoms with E-state index < -0.39 is 34.0 Å². The molecule has 8 nitrogen and oxygen atoms in total. The van der Waals surface area contributed by atoms with Crippen LogP contribution in [0.2, 0.25) is 11.1 Å². The molecule has 0 radical (unpaired) electrons. The SMILES string of the molecule is O=C(COc1ccc(F)c(Cl)c1)N[Si@H]1CC[C@H](c2nnc(OCCC(F)(F)F)o2)NC1. The average molecular weight is 483 g/mol. The highest BCUT2D eigenvalue weighted by atomic mass is 35.5. The molecule has 3 rings (SSSR count). The summed E-state index contributed by atoms with van der Waals surface area (Å²) in [6.45, 7) is -0.826. The summed E-state index contributed by atoms with van der Waals surface area (Å²) in [5.41, 5.74) is 0. The molecule has 0 saturated carbocycles. The van der Waals surface area contributed by atoms with Gasteiger partial charge in [0.05, 0.1) is 17.5 Å². The van der Waals surface area contributed by atoms with E-state index in [9.17, 15) is 22.4 Å². The van der Waals surface area contributed by atoms with Crippen molar-refractivity contribution in [1.82, 2.24) is 20.5 Å². The van der Waals surface area contributed by atoms with Gasteiger partial charge >= 0.3 is 12.3 Å². The minimum absolute atomic E-state index is 0.0928. The minimum atomic E-state index is -4.32. The van der Waals surface area contributed by atoms with Crippen LogP contribution in [0.1, 0.15) is 24.8 Å². The predicted octanol–water partition coefficient (Wildman–Crippen LogP) is 2.69. The van der Waals surface area contributed by atoms with Crippen LogP contribution in [0.15, 0.2) is 22.6 Å². The largest absolute Gasteiger partial charge is 0.484 e. The number of ether oxygens (including phenoxy) is 2. The number of alkyl halides is 3. The van der Waals surface area contributed by atoms with E-state index in [1.165, 1.54) is 12.1 Å². The molecule has 0 aliphatic carbocycles. The van der Waals surface area contributed by atoms with Gasteiger partial charge in [0.25, 0.3) is 0 Å². The van der Waals surface area contributed by atoms with E-state index in [2.05, 4.69) is 20.5 Å². The van der Waals surface area contributed by atoms with Gasteiger partial charge in [-0.05, 0) is 24.6 Å². The summed E-state index contributed by atoms with van der Waals surface area (Å²) in [7, 11) is -1.64. The molecule has 170 valence electrons. The van der Waals surface area contributed by atoms with E-state index in [1.807, 2.05) is 0 Å². The lowest BCUT2D eigenvalue weighted by molar-refractivity contribution is -0.140. The van der Waals surface area contributed by atoms with Gasteiger partial charge in [0.2, 0.25) is 11.8 Å². The topological polar surface area (TPSA) is 98.5 Å². The molecule has 0 unspecified atom stereocenters. The summed E-state index contributed by atoms with van der Waals surface area (Å²) in [6, 6.07) is 4.29. The highest BCUT2D eigenvalue weighted by molar-refractivity contribution is 6.59. The maximum Gasteiger partial charge on any atom is 0.414 e. The minimum Gasteiger partial charge on any atom is -0.484 e. The highest BCUT2D eigenvalue weighted by Crippen LogP contribution is 2.25. The second kappa shape index (κ2) is 10.3. The lowest BCUT2D eigenvalue weighted by Gasteiger charge is -2.27. The normalized spacial score (nSPS) is 19.1. The number of carbonyl (C=O) groups is 1. The number of hydrogen-bond donors (Lipinski definition) is 2. The maximum atomic E-state index is 13.1. The monoisotopic (exact) mass is 482 g/mol. The van der Waals surface area contributed by atoms with Crippen LogP contribution in [0.25, 0.3) is 0 Å². The van der Waals surface area contributed by atoms with Crippen LogP contribution < -0.4 is 19.8 Å². The van der Waals surface area contributed by atoms with Gasteiger partial charge in [-0.1, -0.05) is 16.7 Å². The van der Waals surface area contributed by atoms with Crippen LogP contribution in [0, 0.1) is 5.82 Å². The number of nitrogens with one attached hydrogen (secondary N) is 2. The molecule has 2 aromatic rings. The summed E-state index contributed by atoms with van der Waals surface area (Å²) in [5.74, 6) is -0.363. The number of carbonyl (C=O) groups excluding carboxylic acids is 1. The quantitative estimate of drug-likeness (QED) is 0.441. The van der Waals surface area contributed by atoms with E-state index in [-0.39, 0.29) is 41.3 Å². The second-order valence-corrected chi connectivity index (χ2v) is 9.86. The first-order valence-corrected chi connectivity index (χ1v) is 11.9. The molecule has 2 atom stereocenters. The fraction of sp³-hybridized carbons (Fsp3) is 0.471. The molecule has 31 heavy (non-hydrogen) atoms. The van der Waals surface area contributed by atoms with Gasteiger partial charge in [-0.3, -0.25) is 4.79 Å². The van der Waals surface area contributed by atoms with Gasteiger partial charge in [-0.15, -0.1) is 5.10 Å². The molecule has 0 spiro atoms. The zero-order valence-corrected chi connectivity index (χ0v) is 18.0. The van der Waals surface area contributed by atoms with Gasteiger partial charge in [-0.25, -0.2) is 4.39 Å². The lowest BCUT2D eigenvalue weighted by Crippen LogP contribution is -2.51. The Hall–Kier alpha value is -2.38. The number of amides is 1. The van der Waals surface area contributed by atoms with Crippen molar-refractivity contribution in [3.63, 3.8) is 0 Å². The fourth-order valence-corrected chi connectivity index (χ4v) is 5.31. The first kappa shape index (κ1) is 23.3. The molecule has 0 bridgehead atoms. The van der Waals surface area contributed by atoms with Crippen LogP contribution >= 0.6 is 11.6 Å². The number of benzene rings is 1. The summed E-state index contributed by atoms with van der Waals surface area (Å²) in [4.78, 5) is 15.0. The first-order chi connectivity index (χ1) is 14.7. The molecular formula is C17H19ClF4N4O4Si. The Kier molecular flexibility index (Phi) is 7.72. The number of rotatable bonds is 8. The first-order valence-electron chi connectivity index (χ1n) is 9.33. The number of nitrogens with zero attached hydrogens (tertiary/aromatic N) is 2. The van der Waals surface area contributed by atoms with Crippen molar-refractivity contribution in [2.24, 2.45) is 0 Å².